The summed E-state index contributed by atoms with van der Waals surface area (Å²) in [6.07, 6.45) is 0.764. The second-order valence-corrected chi connectivity index (χ2v) is 7.27. The van der Waals surface area contributed by atoms with Crippen LogP contribution in [0.25, 0.3) is 0 Å². The van der Waals surface area contributed by atoms with Gasteiger partial charge >= 0.3 is 11.9 Å². The lowest BCUT2D eigenvalue weighted by Gasteiger charge is -2.14. The van der Waals surface area contributed by atoms with Crippen LogP contribution in [0.4, 0.5) is 0 Å². The second-order valence-electron chi connectivity index (χ2n) is 6.36. The number of rotatable bonds is 8. The topological polar surface area (TPSA) is 93.5 Å². The predicted molar refractivity (Wildman–Crippen MR) is 120 cm³/mol. The first-order valence-electron chi connectivity index (χ1n) is 9.97. The number of hydrogen-bond acceptors (Lipinski definition) is 6. The summed E-state index contributed by atoms with van der Waals surface area (Å²) in [6, 6.07) is 16.2. The number of ether oxygens (including phenoxy) is 2. The summed E-state index contributed by atoms with van der Waals surface area (Å²) >= 11 is 3.34. The van der Waals surface area contributed by atoms with E-state index in [0.717, 1.165) is 10.0 Å². The fourth-order valence-corrected chi connectivity index (χ4v) is 2.84. The average Bonchev–Trinajstić information content (AvgIpc) is 2.78. The molecule has 0 saturated carbocycles. The molecule has 6 nitrogen and oxygen atoms in total. The minimum atomic E-state index is -0.902. The second kappa shape index (κ2) is 14.1. The Kier molecular flexibility index (Phi) is 11.9. The molecule has 0 aliphatic heterocycles. The van der Waals surface area contributed by atoms with Gasteiger partial charge in [0.1, 0.15) is 0 Å². The van der Waals surface area contributed by atoms with Gasteiger partial charge in [-0.25, -0.2) is 0 Å². The summed E-state index contributed by atoms with van der Waals surface area (Å²) < 4.78 is 10.8. The number of nitrogens with zero attached hydrogens (tertiary/aromatic N) is 1. The van der Waals surface area contributed by atoms with Gasteiger partial charge in [-0.3, -0.25) is 14.4 Å². The van der Waals surface area contributed by atoms with Gasteiger partial charge in [0.25, 0.3) is 0 Å². The van der Waals surface area contributed by atoms with Gasteiger partial charge in [-0.05, 0) is 50.1 Å². The number of halogens is 1. The van der Waals surface area contributed by atoms with Crippen molar-refractivity contribution in [2.75, 3.05) is 13.2 Å². The van der Waals surface area contributed by atoms with Crippen molar-refractivity contribution in [1.29, 1.82) is 5.26 Å². The van der Waals surface area contributed by atoms with Crippen molar-refractivity contribution >= 4 is 33.7 Å². The van der Waals surface area contributed by atoms with Gasteiger partial charge in [-0.1, -0.05) is 47.1 Å². The highest BCUT2D eigenvalue weighted by molar-refractivity contribution is 9.10. The zero-order chi connectivity index (χ0) is 23.2. The van der Waals surface area contributed by atoms with Crippen LogP contribution in [0.2, 0.25) is 0 Å². The molecule has 0 fully saturated rings. The highest BCUT2D eigenvalue weighted by Crippen LogP contribution is 2.16. The highest BCUT2D eigenvalue weighted by atomic mass is 79.9. The van der Waals surface area contributed by atoms with E-state index >= 15 is 0 Å². The molecule has 0 spiro atoms. The number of Topliss-reactive ketones (excluding diaryl/α,β-unsaturated/α-hetero) is 1. The Morgan fingerprint density at radius 3 is 2.03 bits per heavy atom. The number of esters is 2. The van der Waals surface area contributed by atoms with E-state index in [-0.39, 0.29) is 25.4 Å². The molecule has 0 N–H and O–H groups in total. The standard InChI is InChI=1S/C14H17BrO4.C10H9NO/c1-3-18-13(16)12(14(17)19-4-2)9-10-5-7-11(15)8-6-10;1-2-10(12)9-5-3-4-8(6-9)7-11/h5-8,12H,3-4,9H2,1-2H3;3-6H,2H2,1H3. The lowest BCUT2D eigenvalue weighted by molar-refractivity contribution is -0.161. The van der Waals surface area contributed by atoms with Crippen LogP contribution in [-0.2, 0) is 25.5 Å². The third-order valence-corrected chi connectivity index (χ3v) is 4.66. The molecule has 31 heavy (non-hydrogen) atoms. The summed E-state index contributed by atoms with van der Waals surface area (Å²) in [5, 5.41) is 8.56. The Bertz CT molecular complexity index is 900. The Morgan fingerprint density at radius 1 is 0.968 bits per heavy atom. The Hall–Kier alpha value is -2.98. The smallest absolute Gasteiger partial charge is 0.320 e. The molecule has 0 radical (unpaired) electrons. The molecular weight excluding hydrogens is 462 g/mol. The first kappa shape index (κ1) is 26.1. The van der Waals surface area contributed by atoms with Crippen molar-refractivity contribution in [3.8, 4) is 6.07 Å². The molecular formula is C24H26BrNO5. The molecule has 0 heterocycles. The lowest BCUT2D eigenvalue weighted by Crippen LogP contribution is -2.30. The Balaban J connectivity index is 0.000000343. The average molecular weight is 488 g/mol. The van der Waals surface area contributed by atoms with Gasteiger partial charge in [0.2, 0.25) is 0 Å². The number of carbonyl (C=O) groups excluding carboxylic acids is 3. The zero-order valence-corrected chi connectivity index (χ0v) is 19.5. The summed E-state index contributed by atoms with van der Waals surface area (Å²) in [6.45, 7) is 5.71. The molecule has 0 bridgehead atoms. The molecule has 7 heteroatoms. The first-order valence-corrected chi connectivity index (χ1v) is 10.8. The van der Waals surface area contributed by atoms with Crippen molar-refractivity contribution < 1.29 is 23.9 Å². The van der Waals surface area contributed by atoms with Crippen LogP contribution in [0.3, 0.4) is 0 Å². The molecule has 0 amide bonds. The van der Waals surface area contributed by atoms with Gasteiger partial charge in [-0.15, -0.1) is 0 Å². The number of carbonyl (C=O) groups is 3. The summed E-state index contributed by atoms with van der Waals surface area (Å²) in [4.78, 5) is 34.8. The molecule has 0 aromatic heterocycles. The van der Waals surface area contributed by atoms with E-state index in [4.69, 9.17) is 14.7 Å². The van der Waals surface area contributed by atoms with E-state index in [1.54, 1.807) is 45.0 Å². The maximum absolute atomic E-state index is 11.8. The minimum absolute atomic E-state index is 0.0760. The van der Waals surface area contributed by atoms with Gasteiger partial charge in [0.05, 0.1) is 24.8 Å². The fourth-order valence-electron chi connectivity index (χ4n) is 2.57. The van der Waals surface area contributed by atoms with E-state index in [2.05, 4.69) is 15.9 Å². The zero-order valence-electron chi connectivity index (χ0n) is 17.9. The van der Waals surface area contributed by atoms with Crippen LogP contribution < -0.4 is 0 Å². The fraction of sp³-hybridized carbons (Fsp3) is 0.333. The van der Waals surface area contributed by atoms with Gasteiger partial charge < -0.3 is 9.47 Å². The van der Waals surface area contributed by atoms with E-state index < -0.39 is 17.9 Å². The van der Waals surface area contributed by atoms with Crippen molar-refractivity contribution in [2.45, 2.75) is 33.6 Å². The van der Waals surface area contributed by atoms with Crippen LogP contribution >= 0.6 is 15.9 Å². The SMILES string of the molecule is CCC(=O)c1cccc(C#N)c1.CCOC(=O)C(Cc1ccc(Br)cc1)C(=O)OCC. The quantitative estimate of drug-likeness (QED) is 0.299. The van der Waals surface area contributed by atoms with Crippen molar-refractivity contribution in [3.63, 3.8) is 0 Å². The number of benzene rings is 2. The Labute approximate surface area is 191 Å². The third-order valence-electron chi connectivity index (χ3n) is 4.13. The largest absolute Gasteiger partial charge is 0.465 e. The van der Waals surface area contributed by atoms with Gasteiger partial charge in [0.15, 0.2) is 11.7 Å². The minimum Gasteiger partial charge on any atom is -0.465 e. The lowest BCUT2D eigenvalue weighted by atomic mass is 9.99. The maximum Gasteiger partial charge on any atom is 0.320 e. The maximum atomic E-state index is 11.8. The summed E-state index contributed by atoms with van der Waals surface area (Å²) in [5.74, 6) is -1.90. The first-order chi connectivity index (χ1) is 14.9. The third kappa shape index (κ3) is 9.14. The molecule has 0 aliphatic carbocycles. The van der Waals surface area contributed by atoms with E-state index in [9.17, 15) is 14.4 Å². The van der Waals surface area contributed by atoms with E-state index in [1.807, 2.05) is 30.3 Å². The molecule has 2 aromatic rings. The van der Waals surface area contributed by atoms with Crippen molar-refractivity contribution in [1.82, 2.24) is 0 Å². The summed E-state index contributed by atoms with van der Waals surface area (Å²) in [7, 11) is 0. The van der Waals surface area contributed by atoms with Crippen LogP contribution in [-0.4, -0.2) is 30.9 Å². The van der Waals surface area contributed by atoms with Gasteiger partial charge in [-0.2, -0.15) is 5.26 Å². The molecule has 0 saturated heterocycles. The molecule has 2 rings (SSSR count). The molecule has 2 aromatic carbocycles. The number of ketones is 1. The van der Waals surface area contributed by atoms with Crippen LogP contribution in [0.15, 0.2) is 53.0 Å². The Morgan fingerprint density at radius 2 is 1.55 bits per heavy atom. The van der Waals surface area contributed by atoms with E-state index in [0.29, 0.717) is 17.5 Å². The molecule has 164 valence electrons. The predicted octanol–water partition coefficient (Wildman–Crippen LogP) is 4.88. The number of nitriles is 1. The monoisotopic (exact) mass is 487 g/mol. The highest BCUT2D eigenvalue weighted by Gasteiger charge is 2.29. The van der Waals surface area contributed by atoms with Crippen molar-refractivity contribution in [3.05, 3.63) is 69.7 Å². The normalized spacial score (nSPS) is 9.81. The summed E-state index contributed by atoms with van der Waals surface area (Å²) in [5.41, 5.74) is 2.04. The van der Waals surface area contributed by atoms with Gasteiger partial charge in [0, 0.05) is 16.5 Å². The molecule has 0 unspecified atom stereocenters. The number of hydrogen-bond donors (Lipinski definition) is 0. The molecule has 0 atom stereocenters. The van der Waals surface area contributed by atoms with Crippen LogP contribution in [0.1, 0.15) is 48.7 Å². The molecule has 0 aliphatic rings. The van der Waals surface area contributed by atoms with E-state index in [1.165, 1.54) is 0 Å². The van der Waals surface area contributed by atoms with Crippen LogP contribution in [0, 0.1) is 17.2 Å². The van der Waals surface area contributed by atoms with Crippen LogP contribution in [0.5, 0.6) is 0 Å². The van der Waals surface area contributed by atoms with Crippen molar-refractivity contribution in [2.24, 2.45) is 5.92 Å².